The van der Waals surface area contributed by atoms with Gasteiger partial charge in [0.25, 0.3) is 0 Å². The summed E-state index contributed by atoms with van der Waals surface area (Å²) in [4.78, 5) is 4.01. The van der Waals surface area contributed by atoms with Gasteiger partial charge in [0.05, 0.1) is 3.79 Å². The molecule has 1 aliphatic rings. The fraction of sp³-hybridized carbons (Fsp3) is 0.714. The largest absolute Gasteiger partial charge is 0.309 e. The number of nitrogens with zero attached hydrogens (tertiary/aromatic N) is 1. The third-order valence-corrected chi connectivity index (χ3v) is 5.26. The van der Waals surface area contributed by atoms with Gasteiger partial charge in [-0.25, -0.2) is 0 Å². The molecule has 0 saturated carbocycles. The second-order valence-electron chi connectivity index (χ2n) is 6.02. The van der Waals surface area contributed by atoms with E-state index < -0.39 is 0 Å². The molecule has 0 amide bonds. The van der Waals surface area contributed by atoms with E-state index >= 15 is 0 Å². The van der Waals surface area contributed by atoms with E-state index in [4.69, 9.17) is 0 Å². The van der Waals surface area contributed by atoms with Crippen LogP contribution in [0.5, 0.6) is 0 Å². The van der Waals surface area contributed by atoms with Crippen molar-refractivity contribution in [3.05, 3.63) is 20.8 Å². The van der Waals surface area contributed by atoms with Crippen molar-refractivity contribution in [3.63, 3.8) is 0 Å². The molecule has 2 heterocycles. The summed E-state index contributed by atoms with van der Waals surface area (Å²) < 4.78 is 1.22. The Morgan fingerprint density at radius 2 is 2.00 bits per heavy atom. The van der Waals surface area contributed by atoms with Crippen molar-refractivity contribution in [1.29, 1.82) is 0 Å². The molecule has 1 aromatic rings. The number of hydrogen-bond donors (Lipinski definition) is 1. The Balaban J connectivity index is 1.74. The van der Waals surface area contributed by atoms with Crippen molar-refractivity contribution < 1.29 is 0 Å². The highest BCUT2D eigenvalue weighted by Crippen LogP contribution is 2.23. The van der Waals surface area contributed by atoms with E-state index in [1.165, 1.54) is 34.6 Å². The van der Waals surface area contributed by atoms with Crippen molar-refractivity contribution >= 4 is 27.3 Å². The first kappa shape index (κ1) is 14.5. The van der Waals surface area contributed by atoms with Crippen LogP contribution in [-0.2, 0) is 6.54 Å². The molecule has 0 atom stereocenters. The first-order valence-corrected chi connectivity index (χ1v) is 8.29. The van der Waals surface area contributed by atoms with E-state index in [1.54, 1.807) is 0 Å². The van der Waals surface area contributed by atoms with Crippen molar-refractivity contribution in [2.24, 2.45) is 0 Å². The predicted molar refractivity (Wildman–Crippen MR) is 83.2 cm³/mol. The Kier molecular flexibility index (Phi) is 4.86. The van der Waals surface area contributed by atoms with Gasteiger partial charge in [-0.3, -0.25) is 4.90 Å². The summed E-state index contributed by atoms with van der Waals surface area (Å²) in [6, 6.07) is 5.01. The van der Waals surface area contributed by atoms with Crippen molar-refractivity contribution in [2.75, 3.05) is 13.1 Å². The molecule has 1 aliphatic heterocycles. The Hall–Kier alpha value is 0.1000. The first-order chi connectivity index (χ1) is 8.45. The molecule has 0 bridgehead atoms. The molecule has 2 rings (SSSR count). The monoisotopic (exact) mass is 330 g/mol. The average Bonchev–Trinajstić information content (AvgIpc) is 2.72. The third-order valence-electron chi connectivity index (χ3n) is 3.64. The minimum Gasteiger partial charge on any atom is -0.309 e. The van der Waals surface area contributed by atoms with Crippen LogP contribution in [0.1, 0.15) is 38.5 Å². The third kappa shape index (κ3) is 4.05. The summed E-state index contributed by atoms with van der Waals surface area (Å²) in [5.74, 6) is 0. The lowest BCUT2D eigenvalue weighted by molar-refractivity contribution is 0.0961. The maximum absolute atomic E-state index is 3.69. The fourth-order valence-electron chi connectivity index (χ4n) is 2.45. The number of thiophene rings is 1. The van der Waals surface area contributed by atoms with Gasteiger partial charge in [-0.15, -0.1) is 11.3 Å². The fourth-order valence-corrected chi connectivity index (χ4v) is 3.88. The Bertz CT molecular complexity index is 375. The standard InChI is InChI=1S/C14H23BrN2S/c1-14(2,3)17-8-6-11(7-9-17)16-10-12-4-5-13(15)18-12/h4-5,11,16H,6-10H2,1-3H3. The zero-order chi connectivity index (χ0) is 13.2. The average molecular weight is 331 g/mol. The highest BCUT2D eigenvalue weighted by Gasteiger charge is 2.26. The van der Waals surface area contributed by atoms with E-state index in [9.17, 15) is 0 Å². The molecule has 4 heteroatoms. The maximum Gasteiger partial charge on any atom is 0.0701 e. The van der Waals surface area contributed by atoms with Gasteiger partial charge >= 0.3 is 0 Å². The summed E-state index contributed by atoms with van der Waals surface area (Å²) in [6.07, 6.45) is 2.54. The summed E-state index contributed by atoms with van der Waals surface area (Å²) in [7, 11) is 0. The van der Waals surface area contributed by atoms with E-state index in [0.717, 1.165) is 6.54 Å². The van der Waals surface area contributed by atoms with Gasteiger partial charge < -0.3 is 5.32 Å². The summed E-state index contributed by atoms with van der Waals surface area (Å²) in [5.41, 5.74) is 0.323. The second kappa shape index (κ2) is 6.04. The van der Waals surface area contributed by atoms with Gasteiger partial charge in [-0.05, 0) is 61.7 Å². The van der Waals surface area contributed by atoms with Crippen LogP contribution in [0.2, 0.25) is 0 Å². The van der Waals surface area contributed by atoms with Gasteiger partial charge in [-0.2, -0.15) is 0 Å². The molecular weight excluding hydrogens is 308 g/mol. The SMILES string of the molecule is CC(C)(C)N1CCC(NCc2ccc(Br)s2)CC1. The zero-order valence-corrected chi connectivity index (χ0v) is 13.9. The van der Waals surface area contributed by atoms with Gasteiger partial charge in [-0.1, -0.05) is 0 Å². The van der Waals surface area contributed by atoms with E-state index in [2.05, 4.69) is 59.1 Å². The minimum atomic E-state index is 0.323. The molecule has 0 aromatic carbocycles. The lowest BCUT2D eigenvalue weighted by Crippen LogP contribution is -2.49. The normalized spacial score (nSPS) is 19.3. The molecule has 1 N–H and O–H groups in total. The van der Waals surface area contributed by atoms with E-state index in [0.29, 0.717) is 11.6 Å². The molecule has 1 aromatic heterocycles. The van der Waals surface area contributed by atoms with Crippen LogP contribution >= 0.6 is 27.3 Å². The molecule has 1 saturated heterocycles. The van der Waals surface area contributed by atoms with Crippen molar-refractivity contribution in [3.8, 4) is 0 Å². The number of nitrogens with one attached hydrogen (secondary N) is 1. The summed E-state index contributed by atoms with van der Waals surface area (Å²) >= 11 is 5.34. The highest BCUT2D eigenvalue weighted by molar-refractivity contribution is 9.11. The Morgan fingerprint density at radius 3 is 2.50 bits per heavy atom. The van der Waals surface area contributed by atoms with Crippen molar-refractivity contribution in [2.45, 2.75) is 51.7 Å². The smallest absolute Gasteiger partial charge is 0.0701 e. The first-order valence-electron chi connectivity index (χ1n) is 6.68. The lowest BCUT2D eigenvalue weighted by atomic mass is 9.98. The van der Waals surface area contributed by atoms with E-state index in [-0.39, 0.29) is 0 Å². The lowest BCUT2D eigenvalue weighted by Gasteiger charge is -2.41. The molecular formula is C14H23BrN2S. The Morgan fingerprint density at radius 1 is 1.33 bits per heavy atom. The van der Waals surface area contributed by atoms with Crippen LogP contribution < -0.4 is 5.32 Å². The number of hydrogen-bond acceptors (Lipinski definition) is 3. The number of halogens is 1. The van der Waals surface area contributed by atoms with Gasteiger partial charge in [0.1, 0.15) is 0 Å². The summed E-state index contributed by atoms with van der Waals surface area (Å²) in [6.45, 7) is 10.4. The van der Waals surface area contributed by atoms with Crippen LogP contribution in [0.15, 0.2) is 15.9 Å². The predicted octanol–water partition coefficient (Wildman–Crippen LogP) is 3.86. The van der Waals surface area contributed by atoms with Crippen LogP contribution in [-0.4, -0.2) is 29.6 Å². The molecule has 0 unspecified atom stereocenters. The van der Waals surface area contributed by atoms with Gasteiger partial charge in [0.15, 0.2) is 0 Å². The molecule has 0 spiro atoms. The summed E-state index contributed by atoms with van der Waals surface area (Å²) in [5, 5.41) is 3.69. The van der Waals surface area contributed by atoms with E-state index in [1.807, 2.05) is 11.3 Å². The maximum atomic E-state index is 3.69. The number of piperidine rings is 1. The zero-order valence-electron chi connectivity index (χ0n) is 11.5. The Labute approximate surface area is 123 Å². The second-order valence-corrected chi connectivity index (χ2v) is 8.57. The highest BCUT2D eigenvalue weighted by atomic mass is 79.9. The van der Waals surface area contributed by atoms with Crippen LogP contribution in [0.4, 0.5) is 0 Å². The molecule has 0 aliphatic carbocycles. The van der Waals surface area contributed by atoms with Crippen LogP contribution in [0, 0.1) is 0 Å². The molecule has 18 heavy (non-hydrogen) atoms. The van der Waals surface area contributed by atoms with Crippen LogP contribution in [0.3, 0.4) is 0 Å². The topological polar surface area (TPSA) is 15.3 Å². The van der Waals surface area contributed by atoms with Gasteiger partial charge in [0.2, 0.25) is 0 Å². The molecule has 0 radical (unpaired) electrons. The minimum absolute atomic E-state index is 0.323. The van der Waals surface area contributed by atoms with Crippen LogP contribution in [0.25, 0.3) is 0 Å². The molecule has 2 nitrogen and oxygen atoms in total. The molecule has 1 fully saturated rings. The van der Waals surface area contributed by atoms with Crippen molar-refractivity contribution in [1.82, 2.24) is 10.2 Å². The quantitative estimate of drug-likeness (QED) is 0.905. The molecule has 102 valence electrons. The number of likely N-dealkylation sites (tertiary alicyclic amines) is 1. The number of rotatable bonds is 3. The van der Waals surface area contributed by atoms with Gasteiger partial charge in [0, 0.05) is 36.1 Å².